The Morgan fingerprint density at radius 2 is 1.60 bits per heavy atom. The van der Waals surface area contributed by atoms with E-state index in [0.29, 0.717) is 21.9 Å². The molecule has 0 radical (unpaired) electrons. The fourth-order valence-corrected chi connectivity index (χ4v) is 3.15. The van der Waals surface area contributed by atoms with Gasteiger partial charge in [-0.2, -0.15) is 10.5 Å². The number of allylic oxidation sites excluding steroid dienone is 2. The van der Waals surface area contributed by atoms with Gasteiger partial charge in [-0.15, -0.1) is 0 Å². The summed E-state index contributed by atoms with van der Waals surface area (Å²) < 4.78 is 5.62. The molecule has 0 fully saturated rings. The van der Waals surface area contributed by atoms with Crippen molar-refractivity contribution in [2.45, 2.75) is 5.92 Å². The Morgan fingerprint density at radius 3 is 2.24 bits per heavy atom. The molecule has 1 aliphatic rings. The molecule has 1 aliphatic heterocycles. The summed E-state index contributed by atoms with van der Waals surface area (Å²) in [5.74, 6) is -0.493. The van der Waals surface area contributed by atoms with Crippen LogP contribution in [0.2, 0.25) is 10.0 Å². The van der Waals surface area contributed by atoms with Gasteiger partial charge in [-0.05, 0) is 11.6 Å². The molecule has 2 N–H and O–H groups in total. The Morgan fingerprint density at radius 1 is 0.920 bits per heavy atom. The fourth-order valence-electron chi connectivity index (χ4n) is 2.73. The van der Waals surface area contributed by atoms with Gasteiger partial charge < -0.3 is 10.5 Å². The molecule has 3 rings (SSSR count). The molecule has 2 aromatic rings. The van der Waals surface area contributed by atoms with Crippen LogP contribution in [0.5, 0.6) is 0 Å². The second kappa shape index (κ2) is 6.91. The highest BCUT2D eigenvalue weighted by Crippen LogP contribution is 2.45. The molecule has 0 saturated carbocycles. The molecule has 6 heteroatoms. The lowest BCUT2D eigenvalue weighted by molar-refractivity contribution is 0.357. The smallest absolute Gasteiger partial charge is 0.205 e. The molecule has 0 amide bonds. The largest absolute Gasteiger partial charge is 0.439 e. The van der Waals surface area contributed by atoms with Crippen LogP contribution >= 0.6 is 23.2 Å². The molecule has 4 nitrogen and oxygen atoms in total. The minimum absolute atomic E-state index is 0.0543. The number of nitriles is 2. The monoisotopic (exact) mass is 367 g/mol. The number of halogens is 2. The molecule has 1 heterocycles. The van der Waals surface area contributed by atoms with Crippen molar-refractivity contribution >= 4 is 29.0 Å². The van der Waals surface area contributed by atoms with E-state index in [1.807, 2.05) is 24.3 Å². The second-order valence-corrected chi connectivity index (χ2v) is 6.07. The van der Waals surface area contributed by atoms with E-state index >= 15 is 0 Å². The van der Waals surface area contributed by atoms with Crippen molar-refractivity contribution in [3.63, 3.8) is 0 Å². The molecule has 0 spiro atoms. The lowest BCUT2D eigenvalue weighted by Gasteiger charge is -2.26. The summed E-state index contributed by atoms with van der Waals surface area (Å²) >= 11 is 12.4. The number of nitrogens with zero attached hydrogens (tertiary/aromatic N) is 2. The van der Waals surface area contributed by atoms with Crippen molar-refractivity contribution in [1.82, 2.24) is 0 Å². The van der Waals surface area contributed by atoms with Gasteiger partial charge in [0.15, 0.2) is 5.76 Å². The summed E-state index contributed by atoms with van der Waals surface area (Å²) in [7, 11) is 0. The maximum atomic E-state index is 9.78. The standard InChI is InChI=1S/C19H11Cl2N3O/c20-15-8-4-7-12(17(15)21)16-13(9-22)18(11-5-2-1-3-6-11)25-19(24)14(16)10-23/h1-8,16H,24H2/t16-/m1/s1. The number of hydrogen-bond acceptors (Lipinski definition) is 4. The van der Waals surface area contributed by atoms with Crippen LogP contribution in [0.1, 0.15) is 17.0 Å². The molecule has 0 unspecified atom stereocenters. The first-order chi connectivity index (χ1) is 12.1. The molecular weight excluding hydrogens is 357 g/mol. The highest BCUT2D eigenvalue weighted by Gasteiger charge is 2.35. The summed E-state index contributed by atoms with van der Waals surface area (Å²) in [6.07, 6.45) is 0. The van der Waals surface area contributed by atoms with Gasteiger partial charge in [-0.3, -0.25) is 0 Å². The fraction of sp³-hybridized carbons (Fsp3) is 0.0526. The van der Waals surface area contributed by atoms with Crippen LogP contribution in [-0.2, 0) is 4.74 Å². The predicted molar refractivity (Wildman–Crippen MR) is 96.1 cm³/mol. The van der Waals surface area contributed by atoms with Gasteiger partial charge in [0, 0.05) is 5.56 Å². The van der Waals surface area contributed by atoms with E-state index in [0.717, 1.165) is 0 Å². The average molecular weight is 368 g/mol. The number of ether oxygens (including phenoxy) is 1. The number of rotatable bonds is 2. The Bertz CT molecular complexity index is 982. The molecule has 122 valence electrons. The van der Waals surface area contributed by atoms with Crippen molar-refractivity contribution in [3.05, 3.63) is 86.7 Å². The number of nitrogens with two attached hydrogens (primary N) is 1. The van der Waals surface area contributed by atoms with E-state index in [9.17, 15) is 10.5 Å². The quantitative estimate of drug-likeness (QED) is 0.830. The van der Waals surface area contributed by atoms with E-state index in [1.54, 1.807) is 30.3 Å². The van der Waals surface area contributed by atoms with Gasteiger partial charge in [0.2, 0.25) is 5.88 Å². The van der Waals surface area contributed by atoms with E-state index in [2.05, 4.69) is 6.07 Å². The lowest BCUT2D eigenvalue weighted by atomic mass is 9.82. The zero-order valence-corrected chi connectivity index (χ0v) is 14.3. The van der Waals surface area contributed by atoms with E-state index < -0.39 is 5.92 Å². The Labute approximate surface area is 155 Å². The van der Waals surface area contributed by atoms with Gasteiger partial charge in [0.1, 0.15) is 11.6 Å². The summed E-state index contributed by atoms with van der Waals surface area (Å²) in [5.41, 5.74) is 7.55. The van der Waals surface area contributed by atoms with Crippen LogP contribution in [0, 0.1) is 22.7 Å². The topological polar surface area (TPSA) is 82.8 Å². The minimum atomic E-state index is -0.745. The molecule has 0 aliphatic carbocycles. The molecule has 0 aromatic heterocycles. The van der Waals surface area contributed by atoms with Crippen LogP contribution in [0.15, 0.2) is 65.6 Å². The maximum absolute atomic E-state index is 9.78. The number of hydrogen-bond donors (Lipinski definition) is 1. The third-order valence-corrected chi connectivity index (χ3v) is 4.70. The Balaban J connectivity index is 2.30. The van der Waals surface area contributed by atoms with Crippen molar-refractivity contribution in [3.8, 4) is 12.1 Å². The summed E-state index contributed by atoms with van der Waals surface area (Å²) in [6.45, 7) is 0. The van der Waals surface area contributed by atoms with Crippen LogP contribution < -0.4 is 5.73 Å². The van der Waals surface area contributed by atoms with Crippen molar-refractivity contribution < 1.29 is 4.74 Å². The normalized spacial score (nSPS) is 16.9. The van der Waals surface area contributed by atoms with Gasteiger partial charge >= 0.3 is 0 Å². The molecular formula is C19H11Cl2N3O. The zero-order chi connectivity index (χ0) is 18.0. The highest BCUT2D eigenvalue weighted by atomic mass is 35.5. The molecule has 1 atom stereocenters. The second-order valence-electron chi connectivity index (χ2n) is 5.29. The predicted octanol–water partition coefficient (Wildman–Crippen LogP) is 4.74. The van der Waals surface area contributed by atoms with Crippen LogP contribution in [0.4, 0.5) is 0 Å². The van der Waals surface area contributed by atoms with Crippen molar-refractivity contribution in [2.24, 2.45) is 5.73 Å². The highest BCUT2D eigenvalue weighted by molar-refractivity contribution is 6.42. The van der Waals surface area contributed by atoms with Gasteiger partial charge in [0.05, 0.1) is 27.6 Å². The van der Waals surface area contributed by atoms with Crippen molar-refractivity contribution in [1.29, 1.82) is 10.5 Å². The molecule has 0 saturated heterocycles. The summed E-state index contributed by atoms with van der Waals surface area (Å²) in [4.78, 5) is 0. The summed E-state index contributed by atoms with van der Waals surface area (Å²) in [5, 5.41) is 19.9. The molecule has 2 aromatic carbocycles. The third kappa shape index (κ3) is 2.94. The summed E-state index contributed by atoms with van der Waals surface area (Å²) in [6, 6.07) is 18.3. The van der Waals surface area contributed by atoms with E-state index in [4.69, 9.17) is 33.7 Å². The first kappa shape index (κ1) is 16.9. The SMILES string of the molecule is N#CC1=C(N)OC(c2ccccc2)=C(C#N)[C@H]1c1cccc(Cl)c1Cl. The lowest BCUT2D eigenvalue weighted by Crippen LogP contribution is -2.20. The van der Waals surface area contributed by atoms with Crippen LogP contribution in [0.25, 0.3) is 5.76 Å². The average Bonchev–Trinajstić information content (AvgIpc) is 2.64. The Kier molecular flexibility index (Phi) is 4.67. The zero-order valence-electron chi connectivity index (χ0n) is 12.8. The Hall–Kier alpha value is -2.92. The molecule has 25 heavy (non-hydrogen) atoms. The minimum Gasteiger partial charge on any atom is -0.439 e. The van der Waals surface area contributed by atoms with Gasteiger partial charge in [0.25, 0.3) is 0 Å². The van der Waals surface area contributed by atoms with Gasteiger partial charge in [-0.25, -0.2) is 0 Å². The van der Waals surface area contributed by atoms with Crippen LogP contribution in [0.3, 0.4) is 0 Å². The van der Waals surface area contributed by atoms with Gasteiger partial charge in [-0.1, -0.05) is 65.7 Å². The van der Waals surface area contributed by atoms with E-state index in [-0.39, 0.29) is 22.1 Å². The first-order valence-electron chi connectivity index (χ1n) is 7.29. The van der Waals surface area contributed by atoms with Crippen molar-refractivity contribution in [2.75, 3.05) is 0 Å². The first-order valence-corrected chi connectivity index (χ1v) is 8.05. The van der Waals surface area contributed by atoms with Crippen LogP contribution in [-0.4, -0.2) is 0 Å². The maximum Gasteiger partial charge on any atom is 0.205 e. The molecule has 0 bridgehead atoms. The third-order valence-electron chi connectivity index (χ3n) is 3.87. The number of benzene rings is 2. The van der Waals surface area contributed by atoms with E-state index in [1.165, 1.54) is 0 Å².